The van der Waals surface area contributed by atoms with E-state index in [2.05, 4.69) is 10.6 Å². The number of benzene rings is 3. The average Bonchev–Trinajstić information content (AvgIpc) is 3.31. The van der Waals surface area contributed by atoms with Crippen LogP contribution < -0.4 is 15.5 Å². The molecule has 1 aliphatic heterocycles. The zero-order valence-electron chi connectivity index (χ0n) is 16.7. The van der Waals surface area contributed by atoms with E-state index in [1.807, 2.05) is 11.0 Å². The van der Waals surface area contributed by atoms with Crippen LogP contribution in [0.25, 0.3) is 0 Å². The van der Waals surface area contributed by atoms with Gasteiger partial charge in [0, 0.05) is 29.9 Å². The minimum Gasteiger partial charge on any atom is -0.369 e. The molecule has 3 aromatic carbocycles. The number of carbonyl (C=O) groups is 2. The van der Waals surface area contributed by atoms with E-state index in [4.69, 9.17) is 11.6 Å². The Kier molecular flexibility index (Phi) is 6.18. The van der Waals surface area contributed by atoms with Gasteiger partial charge in [0.1, 0.15) is 5.82 Å². The van der Waals surface area contributed by atoms with Crippen molar-refractivity contribution >= 4 is 40.5 Å². The first-order valence-corrected chi connectivity index (χ1v) is 10.4. The SMILES string of the molecule is O=C(Nc1ccc(Cl)c(NC(=O)c2ccccc2)c1)c1ccc(N2CCCC2)c(F)c1. The summed E-state index contributed by atoms with van der Waals surface area (Å²) in [6.45, 7) is 1.65. The summed E-state index contributed by atoms with van der Waals surface area (Å²) in [6, 6.07) is 18.0. The highest BCUT2D eigenvalue weighted by Gasteiger charge is 2.18. The number of rotatable bonds is 5. The molecule has 0 aliphatic carbocycles. The summed E-state index contributed by atoms with van der Waals surface area (Å²) < 4.78 is 14.5. The molecular weight excluding hydrogens is 417 g/mol. The molecule has 0 saturated carbocycles. The Hall–Kier alpha value is -3.38. The van der Waals surface area contributed by atoms with Gasteiger partial charge >= 0.3 is 0 Å². The Morgan fingerprint density at radius 1 is 0.839 bits per heavy atom. The lowest BCUT2D eigenvalue weighted by molar-refractivity contribution is 0.101. The molecule has 2 N–H and O–H groups in total. The topological polar surface area (TPSA) is 61.4 Å². The number of hydrogen-bond donors (Lipinski definition) is 2. The van der Waals surface area contributed by atoms with Crippen molar-refractivity contribution in [3.8, 4) is 0 Å². The monoisotopic (exact) mass is 437 g/mol. The van der Waals surface area contributed by atoms with Crippen LogP contribution in [0.2, 0.25) is 5.02 Å². The number of nitrogens with one attached hydrogen (secondary N) is 2. The van der Waals surface area contributed by atoms with Crippen molar-refractivity contribution in [2.24, 2.45) is 0 Å². The van der Waals surface area contributed by atoms with Gasteiger partial charge in [-0.05, 0) is 61.4 Å². The molecule has 5 nitrogen and oxygen atoms in total. The molecule has 7 heteroatoms. The second-order valence-electron chi connectivity index (χ2n) is 7.33. The largest absolute Gasteiger partial charge is 0.369 e. The Balaban J connectivity index is 1.48. The zero-order valence-corrected chi connectivity index (χ0v) is 17.5. The summed E-state index contributed by atoms with van der Waals surface area (Å²) in [5.74, 6) is -1.18. The number of halogens is 2. The molecule has 2 amide bonds. The van der Waals surface area contributed by atoms with Gasteiger partial charge in [-0.15, -0.1) is 0 Å². The Morgan fingerprint density at radius 2 is 1.55 bits per heavy atom. The summed E-state index contributed by atoms with van der Waals surface area (Å²) in [7, 11) is 0. The van der Waals surface area contributed by atoms with Crippen molar-refractivity contribution < 1.29 is 14.0 Å². The first kappa shape index (κ1) is 20.9. The first-order chi connectivity index (χ1) is 15.0. The van der Waals surface area contributed by atoms with Crippen LogP contribution in [-0.2, 0) is 0 Å². The second-order valence-corrected chi connectivity index (χ2v) is 7.74. The fraction of sp³-hybridized carbons (Fsp3) is 0.167. The van der Waals surface area contributed by atoms with Crippen LogP contribution >= 0.6 is 11.6 Å². The average molecular weight is 438 g/mol. The van der Waals surface area contributed by atoms with Gasteiger partial charge in [0.25, 0.3) is 11.8 Å². The number of amides is 2. The summed E-state index contributed by atoms with van der Waals surface area (Å²) in [4.78, 5) is 27.0. The van der Waals surface area contributed by atoms with Crippen LogP contribution in [0.15, 0.2) is 66.7 Å². The van der Waals surface area contributed by atoms with Crippen LogP contribution in [0, 0.1) is 5.82 Å². The summed E-state index contributed by atoms with van der Waals surface area (Å²) in [5, 5.41) is 5.80. The minimum atomic E-state index is -0.450. The third-order valence-corrected chi connectivity index (χ3v) is 5.49. The van der Waals surface area contributed by atoms with E-state index in [0.29, 0.717) is 27.6 Å². The molecular formula is C24H21ClFN3O2. The van der Waals surface area contributed by atoms with Crippen molar-refractivity contribution in [3.63, 3.8) is 0 Å². The zero-order chi connectivity index (χ0) is 21.8. The lowest BCUT2D eigenvalue weighted by Crippen LogP contribution is -2.20. The van der Waals surface area contributed by atoms with Gasteiger partial charge in [-0.3, -0.25) is 9.59 Å². The van der Waals surface area contributed by atoms with Crippen LogP contribution in [0.5, 0.6) is 0 Å². The fourth-order valence-corrected chi connectivity index (χ4v) is 3.71. The number of anilines is 3. The Labute approximate surface area is 184 Å². The van der Waals surface area contributed by atoms with Gasteiger partial charge < -0.3 is 15.5 Å². The maximum Gasteiger partial charge on any atom is 0.255 e. The van der Waals surface area contributed by atoms with Crippen LogP contribution in [0.1, 0.15) is 33.6 Å². The maximum atomic E-state index is 14.5. The van der Waals surface area contributed by atoms with Crippen LogP contribution in [-0.4, -0.2) is 24.9 Å². The van der Waals surface area contributed by atoms with Crippen molar-refractivity contribution in [3.05, 3.63) is 88.7 Å². The normalized spacial score (nSPS) is 13.2. The van der Waals surface area contributed by atoms with E-state index in [-0.39, 0.29) is 11.5 Å². The first-order valence-electron chi connectivity index (χ1n) is 10.0. The highest BCUT2D eigenvalue weighted by atomic mass is 35.5. The van der Waals surface area contributed by atoms with E-state index >= 15 is 0 Å². The fourth-order valence-electron chi connectivity index (χ4n) is 3.55. The molecule has 3 aromatic rings. The van der Waals surface area contributed by atoms with E-state index in [9.17, 15) is 14.0 Å². The summed E-state index contributed by atoms with van der Waals surface area (Å²) in [6.07, 6.45) is 2.09. The van der Waals surface area contributed by atoms with Crippen LogP contribution in [0.4, 0.5) is 21.5 Å². The lowest BCUT2D eigenvalue weighted by atomic mass is 10.1. The molecule has 0 spiro atoms. The third-order valence-electron chi connectivity index (χ3n) is 5.17. The van der Waals surface area contributed by atoms with Gasteiger partial charge in [-0.1, -0.05) is 29.8 Å². The second kappa shape index (κ2) is 9.18. The molecule has 1 heterocycles. The highest BCUT2D eigenvalue weighted by molar-refractivity contribution is 6.34. The molecule has 0 atom stereocenters. The molecule has 1 aliphatic rings. The van der Waals surface area contributed by atoms with Crippen molar-refractivity contribution in [1.29, 1.82) is 0 Å². The van der Waals surface area contributed by atoms with Gasteiger partial charge in [0.15, 0.2) is 0 Å². The summed E-state index contributed by atoms with van der Waals surface area (Å²) in [5.41, 5.74) is 2.02. The third kappa shape index (κ3) is 4.86. The Morgan fingerprint density at radius 3 is 2.26 bits per heavy atom. The molecule has 1 fully saturated rings. The maximum absolute atomic E-state index is 14.5. The van der Waals surface area contributed by atoms with Gasteiger partial charge in [0.2, 0.25) is 0 Å². The standard InChI is InChI=1S/C24H21ClFN3O2/c25-19-10-9-18(15-21(19)28-23(30)16-6-2-1-3-7-16)27-24(31)17-8-11-22(20(26)14-17)29-12-4-5-13-29/h1-3,6-11,14-15H,4-5,12-13H2,(H,27,31)(H,28,30). The van der Waals surface area contributed by atoms with E-state index in [1.54, 1.807) is 54.6 Å². The predicted octanol–water partition coefficient (Wildman–Crippen LogP) is 5.58. The molecule has 0 unspecified atom stereocenters. The smallest absolute Gasteiger partial charge is 0.255 e. The number of carbonyl (C=O) groups excluding carboxylic acids is 2. The quantitative estimate of drug-likeness (QED) is 0.547. The molecule has 1 saturated heterocycles. The molecule has 31 heavy (non-hydrogen) atoms. The molecule has 0 radical (unpaired) electrons. The van der Waals surface area contributed by atoms with E-state index in [0.717, 1.165) is 25.9 Å². The van der Waals surface area contributed by atoms with E-state index in [1.165, 1.54) is 6.07 Å². The van der Waals surface area contributed by atoms with Gasteiger partial charge in [0.05, 0.1) is 16.4 Å². The van der Waals surface area contributed by atoms with E-state index < -0.39 is 11.7 Å². The number of nitrogens with zero attached hydrogens (tertiary/aromatic N) is 1. The minimum absolute atomic E-state index is 0.213. The Bertz CT molecular complexity index is 1120. The van der Waals surface area contributed by atoms with Gasteiger partial charge in [-0.25, -0.2) is 4.39 Å². The molecule has 0 aromatic heterocycles. The highest BCUT2D eigenvalue weighted by Crippen LogP contribution is 2.28. The number of hydrogen-bond acceptors (Lipinski definition) is 3. The van der Waals surface area contributed by atoms with Crippen molar-refractivity contribution in [1.82, 2.24) is 0 Å². The molecule has 4 rings (SSSR count). The van der Waals surface area contributed by atoms with Crippen LogP contribution in [0.3, 0.4) is 0 Å². The predicted molar refractivity (Wildman–Crippen MR) is 122 cm³/mol. The van der Waals surface area contributed by atoms with Crippen molar-refractivity contribution in [2.75, 3.05) is 28.6 Å². The van der Waals surface area contributed by atoms with Gasteiger partial charge in [-0.2, -0.15) is 0 Å². The summed E-state index contributed by atoms with van der Waals surface area (Å²) >= 11 is 6.20. The van der Waals surface area contributed by atoms with Crippen molar-refractivity contribution in [2.45, 2.75) is 12.8 Å². The molecule has 158 valence electrons. The lowest BCUT2D eigenvalue weighted by Gasteiger charge is -2.18. The molecule has 0 bridgehead atoms.